The number of hydrogen-bond acceptors (Lipinski definition) is 4. The van der Waals surface area contributed by atoms with Crippen molar-refractivity contribution in [2.75, 3.05) is 12.3 Å². The van der Waals surface area contributed by atoms with Gasteiger partial charge in [0.15, 0.2) is 0 Å². The van der Waals surface area contributed by atoms with E-state index < -0.39 is 0 Å². The zero-order chi connectivity index (χ0) is 8.27. The summed E-state index contributed by atoms with van der Waals surface area (Å²) in [5.74, 6) is 0. The quantitative estimate of drug-likeness (QED) is 0.585. The molecule has 0 amide bonds. The lowest BCUT2D eigenvalue weighted by Crippen LogP contribution is -2.12. The lowest BCUT2D eigenvalue weighted by molar-refractivity contribution is 0.276. The molecule has 4 heteroatoms. The van der Waals surface area contributed by atoms with E-state index >= 15 is 0 Å². The summed E-state index contributed by atoms with van der Waals surface area (Å²) in [4.78, 5) is 0. The fraction of sp³-hybridized carbons (Fsp3) is 0.429. The maximum absolute atomic E-state index is 8.57. The van der Waals surface area contributed by atoms with Crippen molar-refractivity contribution < 1.29 is 9.52 Å². The Kier molecular flexibility index (Phi) is 2.51. The van der Waals surface area contributed by atoms with Gasteiger partial charge in [-0.15, -0.1) is 0 Å². The third-order valence-corrected chi connectivity index (χ3v) is 1.56. The molecule has 0 aliphatic heterocycles. The zero-order valence-electron chi connectivity index (χ0n) is 6.16. The van der Waals surface area contributed by atoms with Crippen molar-refractivity contribution in [1.82, 2.24) is 0 Å². The standard InChI is InChI=1S/C7H12N2O2/c8-6(1-2-10)5-3-11-4-7(5)9/h3-4,6,10H,1-2,8-9H2. The highest BCUT2D eigenvalue weighted by molar-refractivity contribution is 5.44. The normalized spacial score (nSPS) is 13.3. The molecule has 0 aliphatic rings. The number of furan rings is 1. The van der Waals surface area contributed by atoms with E-state index in [2.05, 4.69) is 0 Å². The van der Waals surface area contributed by atoms with Crippen molar-refractivity contribution >= 4 is 5.69 Å². The fourth-order valence-electron chi connectivity index (χ4n) is 0.913. The summed E-state index contributed by atoms with van der Waals surface area (Å²) < 4.78 is 4.83. The summed E-state index contributed by atoms with van der Waals surface area (Å²) in [6, 6.07) is -0.223. The van der Waals surface area contributed by atoms with E-state index in [9.17, 15) is 0 Å². The number of nitrogen functional groups attached to an aromatic ring is 1. The highest BCUT2D eigenvalue weighted by Gasteiger charge is 2.10. The van der Waals surface area contributed by atoms with Crippen molar-refractivity contribution in [3.05, 3.63) is 18.1 Å². The molecule has 0 spiro atoms. The van der Waals surface area contributed by atoms with Crippen LogP contribution in [-0.2, 0) is 0 Å². The minimum absolute atomic E-state index is 0.0613. The molecule has 11 heavy (non-hydrogen) atoms. The van der Waals surface area contributed by atoms with E-state index in [0.29, 0.717) is 12.1 Å². The van der Waals surface area contributed by atoms with E-state index in [0.717, 1.165) is 5.56 Å². The van der Waals surface area contributed by atoms with Crippen molar-refractivity contribution in [2.45, 2.75) is 12.5 Å². The van der Waals surface area contributed by atoms with Gasteiger partial charge >= 0.3 is 0 Å². The lowest BCUT2D eigenvalue weighted by Gasteiger charge is -2.06. The molecule has 4 nitrogen and oxygen atoms in total. The Bertz CT molecular complexity index is 222. The Morgan fingerprint density at radius 2 is 2.27 bits per heavy atom. The molecule has 1 heterocycles. The van der Waals surface area contributed by atoms with Crippen molar-refractivity contribution in [3.63, 3.8) is 0 Å². The average Bonchev–Trinajstić information content (AvgIpc) is 2.36. The smallest absolute Gasteiger partial charge is 0.114 e. The summed E-state index contributed by atoms with van der Waals surface area (Å²) in [5.41, 5.74) is 12.5. The van der Waals surface area contributed by atoms with Crippen LogP contribution in [0.1, 0.15) is 18.0 Å². The minimum Gasteiger partial charge on any atom is -0.470 e. The van der Waals surface area contributed by atoms with Crippen LogP contribution >= 0.6 is 0 Å². The first-order valence-corrected chi connectivity index (χ1v) is 3.43. The summed E-state index contributed by atoms with van der Waals surface area (Å²) in [6.45, 7) is 0.0613. The fourth-order valence-corrected chi connectivity index (χ4v) is 0.913. The monoisotopic (exact) mass is 156 g/mol. The van der Waals surface area contributed by atoms with Crippen LogP contribution in [0.4, 0.5) is 5.69 Å². The summed E-state index contributed by atoms with van der Waals surface area (Å²) in [7, 11) is 0. The first-order valence-electron chi connectivity index (χ1n) is 3.43. The third-order valence-electron chi connectivity index (χ3n) is 1.56. The predicted molar refractivity (Wildman–Crippen MR) is 41.8 cm³/mol. The molecule has 0 aliphatic carbocycles. The van der Waals surface area contributed by atoms with E-state index in [1.54, 1.807) is 0 Å². The van der Waals surface area contributed by atoms with E-state index in [4.69, 9.17) is 21.0 Å². The number of aliphatic hydroxyl groups excluding tert-OH is 1. The molecule has 1 aromatic rings. The molecule has 0 aromatic carbocycles. The number of aliphatic hydroxyl groups is 1. The number of anilines is 1. The van der Waals surface area contributed by atoms with Gasteiger partial charge in [-0.1, -0.05) is 0 Å². The van der Waals surface area contributed by atoms with Crippen molar-refractivity contribution in [2.24, 2.45) is 5.73 Å². The van der Waals surface area contributed by atoms with Gasteiger partial charge in [0, 0.05) is 18.2 Å². The number of hydrogen-bond donors (Lipinski definition) is 3. The molecular formula is C7H12N2O2. The van der Waals surface area contributed by atoms with Crippen LogP contribution in [0.5, 0.6) is 0 Å². The van der Waals surface area contributed by atoms with Crippen LogP contribution in [0.15, 0.2) is 16.9 Å². The van der Waals surface area contributed by atoms with Gasteiger partial charge in [-0.3, -0.25) is 0 Å². The Balaban J connectivity index is 2.67. The SMILES string of the molecule is Nc1cocc1C(N)CCO. The van der Waals surface area contributed by atoms with Crippen LogP contribution in [0.2, 0.25) is 0 Å². The van der Waals surface area contributed by atoms with Gasteiger partial charge in [0.05, 0.1) is 12.0 Å². The lowest BCUT2D eigenvalue weighted by atomic mass is 10.1. The molecule has 0 saturated carbocycles. The van der Waals surface area contributed by atoms with Gasteiger partial charge in [-0.25, -0.2) is 0 Å². The molecule has 0 radical (unpaired) electrons. The maximum atomic E-state index is 8.57. The van der Waals surface area contributed by atoms with E-state index in [1.165, 1.54) is 12.5 Å². The third kappa shape index (κ3) is 1.72. The topological polar surface area (TPSA) is 85.4 Å². The van der Waals surface area contributed by atoms with Gasteiger partial charge in [-0.2, -0.15) is 0 Å². The molecule has 0 saturated heterocycles. The van der Waals surface area contributed by atoms with Gasteiger partial charge in [-0.05, 0) is 6.42 Å². The summed E-state index contributed by atoms with van der Waals surface area (Å²) in [5, 5.41) is 8.57. The van der Waals surface area contributed by atoms with Crippen LogP contribution in [-0.4, -0.2) is 11.7 Å². The Morgan fingerprint density at radius 1 is 1.55 bits per heavy atom. The van der Waals surface area contributed by atoms with Crippen molar-refractivity contribution in [3.8, 4) is 0 Å². The summed E-state index contributed by atoms with van der Waals surface area (Å²) >= 11 is 0. The first kappa shape index (κ1) is 8.10. The zero-order valence-corrected chi connectivity index (χ0v) is 6.16. The Morgan fingerprint density at radius 3 is 2.73 bits per heavy atom. The predicted octanol–water partition coefficient (Wildman–Crippen LogP) is 0.244. The largest absolute Gasteiger partial charge is 0.470 e. The maximum Gasteiger partial charge on any atom is 0.114 e. The van der Waals surface area contributed by atoms with E-state index in [1.807, 2.05) is 0 Å². The van der Waals surface area contributed by atoms with Gasteiger partial charge < -0.3 is 21.0 Å². The second-order valence-electron chi connectivity index (χ2n) is 2.40. The van der Waals surface area contributed by atoms with Gasteiger partial charge in [0.2, 0.25) is 0 Å². The Labute approximate surface area is 64.8 Å². The minimum atomic E-state index is -0.223. The Hall–Kier alpha value is -1.00. The molecule has 0 bridgehead atoms. The second-order valence-corrected chi connectivity index (χ2v) is 2.40. The van der Waals surface area contributed by atoms with Crippen LogP contribution in [0.25, 0.3) is 0 Å². The highest BCUT2D eigenvalue weighted by atomic mass is 16.3. The molecule has 5 N–H and O–H groups in total. The molecule has 1 aromatic heterocycles. The molecule has 0 fully saturated rings. The summed E-state index contributed by atoms with van der Waals surface area (Å²) in [6.07, 6.45) is 3.45. The van der Waals surface area contributed by atoms with Gasteiger partial charge in [0.25, 0.3) is 0 Å². The van der Waals surface area contributed by atoms with Crippen LogP contribution in [0, 0.1) is 0 Å². The molecule has 1 rings (SSSR count). The van der Waals surface area contributed by atoms with Gasteiger partial charge in [0.1, 0.15) is 6.26 Å². The van der Waals surface area contributed by atoms with Crippen LogP contribution in [0.3, 0.4) is 0 Å². The highest BCUT2D eigenvalue weighted by Crippen LogP contribution is 2.21. The van der Waals surface area contributed by atoms with Crippen LogP contribution < -0.4 is 11.5 Å². The molecule has 1 unspecified atom stereocenters. The number of nitrogens with two attached hydrogens (primary N) is 2. The number of rotatable bonds is 3. The van der Waals surface area contributed by atoms with Crippen molar-refractivity contribution in [1.29, 1.82) is 0 Å². The molecule has 1 atom stereocenters. The first-order chi connectivity index (χ1) is 5.25. The molecular weight excluding hydrogens is 144 g/mol. The average molecular weight is 156 g/mol. The molecule has 62 valence electrons. The van der Waals surface area contributed by atoms with E-state index in [-0.39, 0.29) is 12.6 Å². The second kappa shape index (κ2) is 3.41.